The summed E-state index contributed by atoms with van der Waals surface area (Å²) in [6, 6.07) is 16.9. The predicted octanol–water partition coefficient (Wildman–Crippen LogP) is 4.18. The first-order valence-electron chi connectivity index (χ1n) is 9.22. The van der Waals surface area contributed by atoms with E-state index in [-0.39, 0.29) is 18.2 Å². The predicted molar refractivity (Wildman–Crippen MR) is 112 cm³/mol. The van der Waals surface area contributed by atoms with Gasteiger partial charge in [-0.05, 0) is 36.1 Å². The highest BCUT2D eigenvalue weighted by Gasteiger charge is 2.26. The van der Waals surface area contributed by atoms with Crippen LogP contribution in [0.5, 0.6) is 0 Å². The average Bonchev–Trinajstić information content (AvgIpc) is 2.65. The summed E-state index contributed by atoms with van der Waals surface area (Å²) in [5, 5.41) is 2.94. The zero-order valence-corrected chi connectivity index (χ0v) is 17.7. The maximum absolute atomic E-state index is 13.0. The van der Waals surface area contributed by atoms with Crippen molar-refractivity contribution < 1.29 is 9.59 Å². The Morgan fingerprint density at radius 2 is 1.59 bits per heavy atom. The first kappa shape index (κ1) is 21.2. The number of nitrogens with one attached hydrogen (secondary N) is 1. The summed E-state index contributed by atoms with van der Waals surface area (Å²) >= 11 is 3.43. The summed E-state index contributed by atoms with van der Waals surface area (Å²) in [5.74, 6) is 0.180. The topological polar surface area (TPSA) is 49.4 Å². The SMILES string of the molecule is CC(C)CNC(=O)[C@H](C)N(Cc1ccc(Br)cc1)C(=O)Cc1ccccc1. The lowest BCUT2D eigenvalue weighted by Crippen LogP contribution is -2.48. The van der Waals surface area contributed by atoms with Crippen LogP contribution in [0.15, 0.2) is 59.1 Å². The molecule has 1 N–H and O–H groups in total. The van der Waals surface area contributed by atoms with E-state index >= 15 is 0 Å². The van der Waals surface area contributed by atoms with Crippen LogP contribution in [0.3, 0.4) is 0 Å². The van der Waals surface area contributed by atoms with Gasteiger partial charge in [0, 0.05) is 17.6 Å². The third kappa shape index (κ3) is 6.83. The van der Waals surface area contributed by atoms with Gasteiger partial charge in [-0.15, -0.1) is 0 Å². The van der Waals surface area contributed by atoms with Crippen molar-refractivity contribution in [2.45, 2.75) is 39.8 Å². The Bertz CT molecular complexity index is 745. The first-order valence-corrected chi connectivity index (χ1v) is 10.0. The van der Waals surface area contributed by atoms with E-state index in [1.165, 1.54) is 0 Å². The van der Waals surface area contributed by atoms with Crippen molar-refractivity contribution in [3.63, 3.8) is 0 Å². The molecular formula is C22H27BrN2O2. The molecule has 2 aromatic carbocycles. The van der Waals surface area contributed by atoms with Gasteiger partial charge in [0.2, 0.25) is 11.8 Å². The molecule has 2 aromatic rings. The number of hydrogen-bond donors (Lipinski definition) is 1. The van der Waals surface area contributed by atoms with Crippen molar-refractivity contribution in [3.8, 4) is 0 Å². The number of amides is 2. The van der Waals surface area contributed by atoms with Gasteiger partial charge in [0.1, 0.15) is 6.04 Å². The molecule has 2 amide bonds. The van der Waals surface area contributed by atoms with Crippen LogP contribution in [-0.4, -0.2) is 29.3 Å². The molecule has 0 fully saturated rings. The molecule has 0 saturated heterocycles. The average molecular weight is 431 g/mol. The number of rotatable bonds is 8. The second-order valence-electron chi connectivity index (χ2n) is 7.13. The zero-order chi connectivity index (χ0) is 19.8. The van der Waals surface area contributed by atoms with Crippen LogP contribution >= 0.6 is 15.9 Å². The normalized spacial score (nSPS) is 11.9. The van der Waals surface area contributed by atoms with Crippen molar-refractivity contribution in [2.24, 2.45) is 5.92 Å². The van der Waals surface area contributed by atoms with Crippen LogP contribution in [0.4, 0.5) is 0 Å². The second-order valence-corrected chi connectivity index (χ2v) is 8.04. The molecule has 0 aromatic heterocycles. The molecular weight excluding hydrogens is 404 g/mol. The number of benzene rings is 2. The van der Waals surface area contributed by atoms with Crippen LogP contribution in [-0.2, 0) is 22.6 Å². The minimum Gasteiger partial charge on any atom is -0.354 e. The van der Waals surface area contributed by atoms with E-state index in [0.717, 1.165) is 15.6 Å². The summed E-state index contributed by atoms with van der Waals surface area (Å²) in [4.78, 5) is 27.2. The molecule has 144 valence electrons. The fourth-order valence-electron chi connectivity index (χ4n) is 2.69. The van der Waals surface area contributed by atoms with Crippen molar-refractivity contribution in [2.75, 3.05) is 6.54 Å². The van der Waals surface area contributed by atoms with Gasteiger partial charge in [-0.2, -0.15) is 0 Å². The van der Waals surface area contributed by atoms with Crippen molar-refractivity contribution in [1.82, 2.24) is 10.2 Å². The fourth-order valence-corrected chi connectivity index (χ4v) is 2.96. The minimum atomic E-state index is -0.538. The van der Waals surface area contributed by atoms with E-state index in [1.54, 1.807) is 11.8 Å². The van der Waals surface area contributed by atoms with Crippen LogP contribution in [0.1, 0.15) is 31.9 Å². The summed E-state index contributed by atoms with van der Waals surface area (Å²) in [6.07, 6.45) is 0.277. The van der Waals surface area contributed by atoms with Crippen LogP contribution in [0.25, 0.3) is 0 Å². The lowest BCUT2D eigenvalue weighted by atomic mass is 10.1. The van der Waals surface area contributed by atoms with Crippen molar-refractivity contribution >= 4 is 27.7 Å². The van der Waals surface area contributed by atoms with Gasteiger partial charge in [0.15, 0.2) is 0 Å². The summed E-state index contributed by atoms with van der Waals surface area (Å²) in [7, 11) is 0. The molecule has 4 nitrogen and oxygen atoms in total. The molecule has 0 unspecified atom stereocenters. The highest BCUT2D eigenvalue weighted by molar-refractivity contribution is 9.10. The Morgan fingerprint density at radius 3 is 2.19 bits per heavy atom. The van der Waals surface area contributed by atoms with E-state index in [9.17, 15) is 9.59 Å². The molecule has 0 heterocycles. The second kappa shape index (κ2) is 10.3. The van der Waals surface area contributed by atoms with E-state index < -0.39 is 6.04 Å². The molecule has 0 radical (unpaired) electrons. The first-order chi connectivity index (χ1) is 12.9. The maximum Gasteiger partial charge on any atom is 0.242 e. The smallest absolute Gasteiger partial charge is 0.242 e. The van der Waals surface area contributed by atoms with Crippen molar-refractivity contribution in [1.29, 1.82) is 0 Å². The zero-order valence-electron chi connectivity index (χ0n) is 16.1. The standard InChI is InChI=1S/C22H27BrN2O2/c1-16(2)14-24-22(27)17(3)25(15-19-9-11-20(23)12-10-19)21(26)13-18-7-5-4-6-8-18/h4-12,16-17H,13-15H2,1-3H3,(H,24,27)/t17-/m0/s1. The molecule has 0 saturated carbocycles. The minimum absolute atomic E-state index is 0.0590. The van der Waals surface area contributed by atoms with Gasteiger partial charge < -0.3 is 10.2 Å². The van der Waals surface area contributed by atoms with Gasteiger partial charge in [0.25, 0.3) is 0 Å². The van der Waals surface area contributed by atoms with E-state index in [0.29, 0.717) is 19.0 Å². The van der Waals surface area contributed by atoms with Gasteiger partial charge in [-0.25, -0.2) is 0 Å². The van der Waals surface area contributed by atoms with E-state index in [4.69, 9.17) is 0 Å². The number of carbonyl (C=O) groups excluding carboxylic acids is 2. The van der Waals surface area contributed by atoms with E-state index in [1.807, 2.05) is 68.4 Å². The summed E-state index contributed by atoms with van der Waals surface area (Å²) in [6.45, 7) is 6.88. The van der Waals surface area contributed by atoms with Gasteiger partial charge in [-0.3, -0.25) is 9.59 Å². The molecule has 0 bridgehead atoms. The number of nitrogens with zero attached hydrogens (tertiary/aromatic N) is 1. The molecule has 27 heavy (non-hydrogen) atoms. The fraction of sp³-hybridized carbons (Fsp3) is 0.364. The maximum atomic E-state index is 13.0. The largest absolute Gasteiger partial charge is 0.354 e. The highest BCUT2D eigenvalue weighted by atomic mass is 79.9. The number of carbonyl (C=O) groups is 2. The molecule has 0 aliphatic carbocycles. The Balaban J connectivity index is 2.17. The monoisotopic (exact) mass is 430 g/mol. The summed E-state index contributed by atoms with van der Waals surface area (Å²) < 4.78 is 0.983. The lowest BCUT2D eigenvalue weighted by molar-refractivity contribution is -0.140. The van der Waals surface area contributed by atoms with Gasteiger partial charge >= 0.3 is 0 Å². The third-order valence-electron chi connectivity index (χ3n) is 4.32. The molecule has 0 aliphatic rings. The molecule has 0 spiro atoms. The van der Waals surface area contributed by atoms with Crippen LogP contribution in [0, 0.1) is 5.92 Å². The van der Waals surface area contributed by atoms with Crippen molar-refractivity contribution in [3.05, 3.63) is 70.2 Å². The lowest BCUT2D eigenvalue weighted by Gasteiger charge is -2.29. The Hall–Kier alpha value is -2.14. The third-order valence-corrected chi connectivity index (χ3v) is 4.84. The van der Waals surface area contributed by atoms with Gasteiger partial charge in [-0.1, -0.05) is 72.2 Å². The highest BCUT2D eigenvalue weighted by Crippen LogP contribution is 2.15. The Morgan fingerprint density at radius 1 is 0.963 bits per heavy atom. The van der Waals surface area contributed by atoms with E-state index in [2.05, 4.69) is 21.2 Å². The number of hydrogen-bond acceptors (Lipinski definition) is 2. The number of halogens is 1. The van der Waals surface area contributed by atoms with Gasteiger partial charge in [0.05, 0.1) is 6.42 Å². The molecule has 1 atom stereocenters. The van der Waals surface area contributed by atoms with Crippen LogP contribution in [0.2, 0.25) is 0 Å². The summed E-state index contributed by atoms with van der Waals surface area (Å²) in [5.41, 5.74) is 1.93. The molecule has 0 aliphatic heterocycles. The quantitative estimate of drug-likeness (QED) is 0.682. The molecule has 2 rings (SSSR count). The van der Waals surface area contributed by atoms with Crippen LogP contribution < -0.4 is 5.32 Å². The molecule has 5 heteroatoms. The Labute approximate surface area is 170 Å². The Kier molecular flexibility index (Phi) is 8.04.